The first-order valence-electron chi connectivity index (χ1n) is 22.0. The van der Waals surface area contributed by atoms with Gasteiger partial charge in [0.05, 0.1) is 28.8 Å². The molecular formula is C47H48F2N10O7. The molecule has 17 nitrogen and oxygen atoms in total. The highest BCUT2D eigenvalue weighted by Gasteiger charge is 2.44. The number of benzene rings is 4. The Hall–Kier alpha value is -7.25. The molecule has 9 rings (SSSR count). The van der Waals surface area contributed by atoms with Gasteiger partial charge < -0.3 is 30.9 Å². The monoisotopic (exact) mass is 902 g/mol. The average Bonchev–Trinajstić information content (AvgIpc) is 3.80. The van der Waals surface area contributed by atoms with Gasteiger partial charge in [0.15, 0.2) is 5.82 Å². The van der Waals surface area contributed by atoms with Gasteiger partial charge in [-0.05, 0) is 97.5 Å². The Morgan fingerprint density at radius 2 is 1.58 bits per heavy atom. The van der Waals surface area contributed by atoms with E-state index in [1.165, 1.54) is 18.2 Å². The SMILES string of the molecule is O=C(CN1CCN(c2ccc(C(=O)Nc3n[nH]c4ccc(Cc5cc(F)cc(F)c5)cc34)c(NC3CCOCC3)c2)CC1)NCCNc1ccc2c(c1)C(=O)N(C1CCC(=O)NC1=O)C2=O. The lowest BCUT2D eigenvalue weighted by Crippen LogP contribution is -2.54. The minimum absolute atomic E-state index is 0.0403. The zero-order valence-electron chi connectivity index (χ0n) is 35.9. The van der Waals surface area contributed by atoms with E-state index >= 15 is 0 Å². The number of aromatic nitrogens is 2. The maximum Gasteiger partial charge on any atom is 0.262 e. The predicted molar refractivity (Wildman–Crippen MR) is 240 cm³/mol. The molecule has 4 aliphatic rings. The van der Waals surface area contributed by atoms with Gasteiger partial charge in [0, 0.05) is 93.5 Å². The molecule has 0 radical (unpaired) electrons. The number of rotatable bonds is 14. The zero-order chi connectivity index (χ0) is 45.9. The number of piperidine rings is 1. The molecule has 0 aliphatic carbocycles. The molecule has 1 atom stereocenters. The number of nitrogens with one attached hydrogen (secondary N) is 6. The van der Waals surface area contributed by atoms with E-state index in [1.54, 1.807) is 18.2 Å². The molecule has 3 saturated heterocycles. The van der Waals surface area contributed by atoms with E-state index in [-0.39, 0.29) is 54.8 Å². The first kappa shape index (κ1) is 44.0. The summed E-state index contributed by atoms with van der Waals surface area (Å²) in [7, 11) is 0. The second-order valence-electron chi connectivity index (χ2n) is 16.9. The zero-order valence-corrected chi connectivity index (χ0v) is 35.9. The lowest BCUT2D eigenvalue weighted by atomic mass is 10.0. The Balaban J connectivity index is 0.777. The van der Waals surface area contributed by atoms with Gasteiger partial charge in [0.1, 0.15) is 17.7 Å². The summed E-state index contributed by atoms with van der Waals surface area (Å²) >= 11 is 0. The van der Waals surface area contributed by atoms with Crippen LogP contribution in [-0.2, 0) is 25.5 Å². The number of nitrogens with zero attached hydrogens (tertiary/aromatic N) is 4. The van der Waals surface area contributed by atoms with Crippen LogP contribution in [0.3, 0.4) is 0 Å². The highest BCUT2D eigenvalue weighted by Crippen LogP contribution is 2.31. The number of carbonyl (C=O) groups excluding carboxylic acids is 6. The number of piperazine rings is 1. The third kappa shape index (κ3) is 9.71. The number of fused-ring (bicyclic) bond motifs is 2. The van der Waals surface area contributed by atoms with Gasteiger partial charge in [0.25, 0.3) is 17.7 Å². The summed E-state index contributed by atoms with van der Waals surface area (Å²) in [6.45, 7) is 4.69. The first-order chi connectivity index (χ1) is 31.9. The van der Waals surface area contributed by atoms with Crippen molar-refractivity contribution in [1.29, 1.82) is 0 Å². The molecule has 342 valence electrons. The van der Waals surface area contributed by atoms with Crippen molar-refractivity contribution in [2.45, 2.75) is 44.2 Å². The quantitative estimate of drug-likeness (QED) is 0.0690. The molecule has 3 fully saturated rings. The summed E-state index contributed by atoms with van der Waals surface area (Å²) in [6.07, 6.45) is 1.98. The van der Waals surface area contributed by atoms with Crippen LogP contribution in [0.15, 0.2) is 72.8 Å². The summed E-state index contributed by atoms with van der Waals surface area (Å²) in [6, 6.07) is 18.5. The number of hydrogen-bond acceptors (Lipinski definition) is 12. The Morgan fingerprint density at radius 1 is 0.803 bits per heavy atom. The van der Waals surface area contributed by atoms with Crippen LogP contribution >= 0.6 is 0 Å². The molecule has 66 heavy (non-hydrogen) atoms. The van der Waals surface area contributed by atoms with E-state index in [4.69, 9.17) is 4.74 Å². The van der Waals surface area contributed by atoms with Crippen LogP contribution < -0.4 is 31.5 Å². The van der Waals surface area contributed by atoms with E-state index < -0.39 is 41.3 Å². The van der Waals surface area contributed by atoms with Crippen LogP contribution in [0.25, 0.3) is 10.9 Å². The fraction of sp³-hybridized carbons (Fsp3) is 0.340. The molecule has 6 amide bonds. The van der Waals surface area contributed by atoms with Crippen LogP contribution in [0.4, 0.5) is 31.7 Å². The molecule has 4 aliphatic heterocycles. The van der Waals surface area contributed by atoms with Crippen LogP contribution in [0.5, 0.6) is 0 Å². The van der Waals surface area contributed by atoms with Crippen LogP contribution in [-0.4, -0.2) is 127 Å². The van der Waals surface area contributed by atoms with Crippen molar-refractivity contribution in [1.82, 2.24) is 30.6 Å². The second-order valence-corrected chi connectivity index (χ2v) is 16.9. The third-order valence-electron chi connectivity index (χ3n) is 12.3. The minimum Gasteiger partial charge on any atom is -0.383 e. The molecule has 1 unspecified atom stereocenters. The van der Waals surface area contributed by atoms with Gasteiger partial charge in [0.2, 0.25) is 17.7 Å². The van der Waals surface area contributed by atoms with Gasteiger partial charge in [-0.3, -0.25) is 49.0 Å². The molecule has 5 aromatic rings. The Bertz CT molecular complexity index is 2710. The number of hydrogen-bond donors (Lipinski definition) is 6. The molecule has 19 heteroatoms. The molecule has 0 spiro atoms. The molecule has 6 N–H and O–H groups in total. The summed E-state index contributed by atoms with van der Waals surface area (Å²) in [5.74, 6) is -3.73. The van der Waals surface area contributed by atoms with E-state index in [0.717, 1.165) is 35.1 Å². The second kappa shape index (κ2) is 19.1. The molecule has 5 heterocycles. The van der Waals surface area contributed by atoms with Crippen LogP contribution in [0.1, 0.15) is 67.9 Å². The topological polar surface area (TPSA) is 210 Å². The summed E-state index contributed by atoms with van der Waals surface area (Å²) in [4.78, 5) is 82.3. The number of amides is 6. The Labute approximate surface area is 377 Å². The first-order valence-corrected chi connectivity index (χ1v) is 22.0. The highest BCUT2D eigenvalue weighted by molar-refractivity contribution is 6.23. The van der Waals surface area contributed by atoms with E-state index in [1.807, 2.05) is 30.3 Å². The standard InChI is InChI=1S/C47H48F2N10O7/c48-29-20-28(21-30(49)23-29)19-27-1-6-38-37(22-27)43(56-55-38)54-44(62)35-5-3-33(25-39(35)52-31-9-17-66-18-10-31)58-15-13-57(14-16-58)26-42(61)51-12-11-50-32-2-4-34-36(24-32)47(65)59(46(34)64)40-7-8-41(60)53-45(40)63/h1-6,20-25,31,40,50,52H,7-19,26H2,(H,51,61)(H,53,60,63)(H2,54,55,56,62). The smallest absolute Gasteiger partial charge is 0.262 e. The van der Waals surface area contributed by atoms with Crippen molar-refractivity contribution in [3.63, 3.8) is 0 Å². The van der Waals surface area contributed by atoms with Gasteiger partial charge in [-0.1, -0.05) is 6.07 Å². The normalized spacial score (nSPS) is 18.1. The number of carbonyl (C=O) groups is 6. The Morgan fingerprint density at radius 3 is 2.35 bits per heavy atom. The van der Waals surface area contributed by atoms with Crippen molar-refractivity contribution in [3.05, 3.63) is 112 Å². The van der Waals surface area contributed by atoms with Gasteiger partial charge >= 0.3 is 0 Å². The Kier molecular flexibility index (Phi) is 12.7. The van der Waals surface area contributed by atoms with Gasteiger partial charge in [-0.2, -0.15) is 5.10 Å². The average molecular weight is 903 g/mol. The molecule has 0 saturated carbocycles. The van der Waals surface area contributed by atoms with Gasteiger partial charge in [-0.15, -0.1) is 0 Å². The van der Waals surface area contributed by atoms with E-state index in [0.29, 0.717) is 91.7 Å². The van der Waals surface area contributed by atoms with Crippen molar-refractivity contribution in [2.24, 2.45) is 0 Å². The van der Waals surface area contributed by atoms with Crippen molar-refractivity contribution >= 4 is 69.2 Å². The summed E-state index contributed by atoms with van der Waals surface area (Å²) < 4.78 is 33.3. The summed E-state index contributed by atoms with van der Waals surface area (Å²) in [5, 5.41) is 22.8. The van der Waals surface area contributed by atoms with Crippen molar-refractivity contribution in [3.8, 4) is 0 Å². The van der Waals surface area contributed by atoms with E-state index in [2.05, 4.69) is 46.6 Å². The van der Waals surface area contributed by atoms with Crippen LogP contribution in [0, 0.1) is 11.6 Å². The number of aromatic amines is 1. The number of ether oxygens (including phenoxy) is 1. The molecule has 0 bridgehead atoms. The fourth-order valence-electron chi connectivity index (χ4n) is 8.91. The van der Waals surface area contributed by atoms with Crippen LogP contribution in [0.2, 0.25) is 0 Å². The predicted octanol–water partition coefficient (Wildman–Crippen LogP) is 4.03. The molecular weight excluding hydrogens is 855 g/mol. The molecule has 1 aromatic heterocycles. The minimum atomic E-state index is -1.04. The number of halogens is 2. The lowest BCUT2D eigenvalue weighted by molar-refractivity contribution is -0.136. The summed E-state index contributed by atoms with van der Waals surface area (Å²) in [5.41, 5.74) is 4.95. The number of anilines is 4. The van der Waals surface area contributed by atoms with Crippen molar-refractivity contribution < 1.29 is 42.3 Å². The largest absolute Gasteiger partial charge is 0.383 e. The highest BCUT2D eigenvalue weighted by atomic mass is 19.1. The maximum absolute atomic E-state index is 14.0. The van der Waals surface area contributed by atoms with Crippen molar-refractivity contribution in [2.75, 3.05) is 79.9 Å². The maximum atomic E-state index is 14.0. The lowest BCUT2D eigenvalue weighted by Gasteiger charge is -2.36. The number of H-pyrrole nitrogens is 1. The molecule has 4 aromatic carbocycles. The third-order valence-corrected chi connectivity index (χ3v) is 12.3. The fourth-order valence-corrected chi connectivity index (χ4v) is 8.91. The number of imide groups is 2. The van der Waals surface area contributed by atoms with Gasteiger partial charge in [-0.25, -0.2) is 8.78 Å². The van der Waals surface area contributed by atoms with E-state index in [9.17, 15) is 37.5 Å².